The minimum atomic E-state index is -0.958. The van der Waals surface area contributed by atoms with Crippen LogP contribution in [0.4, 0.5) is 5.69 Å². The highest BCUT2D eigenvalue weighted by Crippen LogP contribution is 2.30. The van der Waals surface area contributed by atoms with Gasteiger partial charge in [-0.25, -0.2) is 4.68 Å². The standard InChI is InChI=1S/C30H36N6O4/c1-5-24(6-2)36-25(16-17-31-36)29(39)33-28(22-10-8-7-9-11-22)30(40)32-23-14-12-21(13-15-23)27-19(3)34-35(20(27)4)18-26(37)38/h5-6,12-17,22,24,28H,1-2,7-11,18H2,3-4H3,(H,32,40)(H,33,39)(H,37,38)/t28-/m0/s1. The topological polar surface area (TPSA) is 131 Å². The summed E-state index contributed by atoms with van der Waals surface area (Å²) < 4.78 is 3.00. The number of benzene rings is 1. The number of carbonyl (C=O) groups excluding carboxylic acids is 2. The molecule has 0 spiro atoms. The van der Waals surface area contributed by atoms with Crippen molar-refractivity contribution in [2.75, 3.05) is 5.32 Å². The van der Waals surface area contributed by atoms with E-state index in [0.717, 1.165) is 54.6 Å². The van der Waals surface area contributed by atoms with E-state index < -0.39 is 12.0 Å². The van der Waals surface area contributed by atoms with Crippen molar-refractivity contribution in [3.63, 3.8) is 0 Å². The highest BCUT2D eigenvalue weighted by Gasteiger charge is 2.32. The van der Waals surface area contributed by atoms with Gasteiger partial charge in [-0.1, -0.05) is 43.5 Å². The van der Waals surface area contributed by atoms with Crippen LogP contribution >= 0.6 is 0 Å². The zero-order valence-corrected chi connectivity index (χ0v) is 23.0. The molecule has 1 saturated carbocycles. The number of nitrogens with zero attached hydrogens (tertiary/aromatic N) is 4. The highest BCUT2D eigenvalue weighted by molar-refractivity contribution is 6.00. The van der Waals surface area contributed by atoms with Crippen LogP contribution in [-0.4, -0.2) is 48.5 Å². The first kappa shape index (κ1) is 28.5. The van der Waals surface area contributed by atoms with Gasteiger partial charge in [0.05, 0.1) is 11.7 Å². The van der Waals surface area contributed by atoms with Crippen LogP contribution in [0.5, 0.6) is 0 Å². The van der Waals surface area contributed by atoms with E-state index in [1.165, 1.54) is 9.36 Å². The minimum Gasteiger partial charge on any atom is -0.480 e. The molecule has 3 N–H and O–H groups in total. The predicted octanol–water partition coefficient (Wildman–Crippen LogP) is 4.68. The molecule has 1 aromatic carbocycles. The van der Waals surface area contributed by atoms with Gasteiger partial charge in [0.1, 0.15) is 18.3 Å². The molecule has 2 aromatic heterocycles. The number of hydrogen-bond donors (Lipinski definition) is 3. The summed E-state index contributed by atoms with van der Waals surface area (Å²) in [5, 5.41) is 23.7. The molecule has 0 radical (unpaired) electrons. The van der Waals surface area contributed by atoms with Crippen molar-refractivity contribution in [3.05, 3.63) is 78.9 Å². The molecule has 3 aromatic rings. The van der Waals surface area contributed by atoms with E-state index in [1.807, 2.05) is 26.0 Å². The maximum absolute atomic E-state index is 13.6. The normalized spacial score (nSPS) is 14.5. The number of aryl methyl sites for hydroxylation is 1. The number of allylic oxidation sites excluding steroid dienone is 2. The SMILES string of the molecule is C=CC(C=C)n1nccc1C(=O)N[C@H](C(=O)Nc1ccc(-c2c(C)nn(CC(=O)O)c2C)cc1)C1CCCCC1. The third-order valence-electron chi connectivity index (χ3n) is 7.47. The van der Waals surface area contributed by atoms with Crippen LogP contribution < -0.4 is 10.6 Å². The van der Waals surface area contributed by atoms with Crippen molar-refractivity contribution >= 4 is 23.5 Å². The van der Waals surface area contributed by atoms with Gasteiger partial charge in [-0.05, 0) is 56.4 Å². The molecule has 210 valence electrons. The van der Waals surface area contributed by atoms with Gasteiger partial charge in [0, 0.05) is 23.1 Å². The Labute approximate surface area is 233 Å². The van der Waals surface area contributed by atoms with Gasteiger partial charge in [0.15, 0.2) is 0 Å². The molecule has 0 bridgehead atoms. The van der Waals surface area contributed by atoms with E-state index in [-0.39, 0.29) is 30.3 Å². The molecule has 0 saturated heterocycles. The highest BCUT2D eigenvalue weighted by atomic mass is 16.4. The lowest BCUT2D eigenvalue weighted by Gasteiger charge is -2.30. The molecule has 10 nitrogen and oxygen atoms in total. The number of carboxylic acids is 1. The predicted molar refractivity (Wildman–Crippen MR) is 153 cm³/mol. The number of anilines is 1. The van der Waals surface area contributed by atoms with Crippen molar-refractivity contribution in [2.24, 2.45) is 5.92 Å². The summed E-state index contributed by atoms with van der Waals surface area (Å²) in [4.78, 5) is 38.1. The fraction of sp³-hybridized carbons (Fsp3) is 0.367. The summed E-state index contributed by atoms with van der Waals surface area (Å²) in [5.74, 6) is -1.59. The number of carboxylic acid groups (broad SMARTS) is 1. The van der Waals surface area contributed by atoms with Gasteiger partial charge in [-0.3, -0.25) is 19.1 Å². The van der Waals surface area contributed by atoms with Crippen LogP contribution in [0, 0.1) is 19.8 Å². The Morgan fingerprint density at radius 3 is 2.38 bits per heavy atom. The first-order valence-electron chi connectivity index (χ1n) is 13.5. The molecule has 0 aliphatic heterocycles. The molecule has 2 heterocycles. The van der Waals surface area contributed by atoms with Crippen LogP contribution in [0.25, 0.3) is 11.1 Å². The summed E-state index contributed by atoms with van der Waals surface area (Å²) in [6.45, 7) is 11.0. The number of aromatic nitrogens is 4. The second-order valence-electron chi connectivity index (χ2n) is 10.1. The fourth-order valence-corrected chi connectivity index (χ4v) is 5.44. The largest absolute Gasteiger partial charge is 0.480 e. The third-order valence-corrected chi connectivity index (χ3v) is 7.47. The Morgan fingerprint density at radius 1 is 1.07 bits per heavy atom. The average molecular weight is 545 g/mol. The molecule has 0 unspecified atom stereocenters. The summed E-state index contributed by atoms with van der Waals surface area (Å²) in [6.07, 6.45) is 9.70. The maximum Gasteiger partial charge on any atom is 0.325 e. The second-order valence-corrected chi connectivity index (χ2v) is 10.1. The Balaban J connectivity index is 1.53. The minimum absolute atomic E-state index is 0.0216. The van der Waals surface area contributed by atoms with Gasteiger partial charge >= 0.3 is 5.97 Å². The monoisotopic (exact) mass is 544 g/mol. The van der Waals surface area contributed by atoms with Crippen LogP contribution in [0.3, 0.4) is 0 Å². The Morgan fingerprint density at radius 2 is 1.75 bits per heavy atom. The van der Waals surface area contributed by atoms with Crippen LogP contribution in [0.2, 0.25) is 0 Å². The number of rotatable bonds is 11. The van der Waals surface area contributed by atoms with E-state index in [1.54, 1.807) is 36.5 Å². The molecular weight excluding hydrogens is 508 g/mol. The number of carbonyl (C=O) groups is 3. The molecular formula is C30H36N6O4. The van der Waals surface area contributed by atoms with Crippen LogP contribution in [0.1, 0.15) is 60.0 Å². The van der Waals surface area contributed by atoms with Crippen molar-refractivity contribution in [1.82, 2.24) is 24.9 Å². The van der Waals surface area contributed by atoms with Crippen LogP contribution in [0.15, 0.2) is 61.8 Å². The first-order valence-corrected chi connectivity index (χ1v) is 13.5. The van der Waals surface area contributed by atoms with Crippen LogP contribution in [-0.2, 0) is 16.1 Å². The first-order chi connectivity index (χ1) is 19.2. The van der Waals surface area contributed by atoms with Crippen molar-refractivity contribution in [2.45, 2.75) is 64.6 Å². The molecule has 40 heavy (non-hydrogen) atoms. The Bertz CT molecular complexity index is 1390. The van der Waals surface area contributed by atoms with Gasteiger partial charge in [-0.15, -0.1) is 13.2 Å². The Kier molecular flexibility index (Phi) is 8.98. The Hall–Kier alpha value is -4.47. The fourth-order valence-electron chi connectivity index (χ4n) is 5.44. The molecule has 4 rings (SSSR count). The second kappa shape index (κ2) is 12.6. The van der Waals surface area contributed by atoms with E-state index >= 15 is 0 Å². The number of amides is 2. The van der Waals surface area contributed by atoms with E-state index in [4.69, 9.17) is 5.11 Å². The lowest BCUT2D eigenvalue weighted by Crippen LogP contribution is -2.49. The van der Waals surface area contributed by atoms with E-state index in [9.17, 15) is 14.4 Å². The smallest absolute Gasteiger partial charge is 0.325 e. The average Bonchev–Trinajstić information content (AvgIpc) is 3.53. The lowest BCUT2D eigenvalue weighted by atomic mass is 9.83. The third kappa shape index (κ3) is 6.22. The molecule has 10 heteroatoms. The van der Waals surface area contributed by atoms with E-state index in [0.29, 0.717) is 11.4 Å². The van der Waals surface area contributed by atoms with Crippen molar-refractivity contribution in [3.8, 4) is 11.1 Å². The van der Waals surface area contributed by atoms with Crippen molar-refractivity contribution in [1.29, 1.82) is 0 Å². The number of hydrogen-bond acceptors (Lipinski definition) is 5. The van der Waals surface area contributed by atoms with Gasteiger partial charge in [0.2, 0.25) is 5.91 Å². The maximum atomic E-state index is 13.6. The number of aliphatic carboxylic acids is 1. The quantitative estimate of drug-likeness (QED) is 0.301. The van der Waals surface area contributed by atoms with Gasteiger partial charge in [-0.2, -0.15) is 10.2 Å². The van der Waals surface area contributed by atoms with Gasteiger partial charge < -0.3 is 15.7 Å². The van der Waals surface area contributed by atoms with Gasteiger partial charge in [0.25, 0.3) is 5.91 Å². The molecule has 1 aliphatic carbocycles. The summed E-state index contributed by atoms with van der Waals surface area (Å²) in [6, 6.07) is 7.90. The van der Waals surface area contributed by atoms with E-state index in [2.05, 4.69) is 34.0 Å². The summed E-state index contributed by atoms with van der Waals surface area (Å²) in [7, 11) is 0. The summed E-state index contributed by atoms with van der Waals surface area (Å²) in [5.41, 5.74) is 4.14. The molecule has 1 fully saturated rings. The summed E-state index contributed by atoms with van der Waals surface area (Å²) >= 11 is 0. The lowest BCUT2D eigenvalue weighted by molar-refractivity contribution is -0.138. The molecule has 1 atom stereocenters. The number of nitrogens with one attached hydrogen (secondary N) is 2. The molecule has 2 amide bonds. The zero-order valence-electron chi connectivity index (χ0n) is 23.0. The van der Waals surface area contributed by atoms with Crippen molar-refractivity contribution < 1.29 is 19.5 Å². The molecule has 1 aliphatic rings. The zero-order chi connectivity index (χ0) is 28.8.